The number of nitrogens with zero attached hydrogens (tertiary/aromatic N) is 3. The summed E-state index contributed by atoms with van der Waals surface area (Å²) in [6.45, 7) is 2.54. The molecule has 1 N–H and O–H groups in total. The number of likely N-dealkylation sites (N-methyl/N-ethyl adjacent to an activating group) is 1. The number of carbonyl (C=O) groups excluding carboxylic acids is 1. The molecule has 1 aromatic heterocycles. The van der Waals surface area contributed by atoms with Crippen molar-refractivity contribution in [1.29, 1.82) is 0 Å². The topological polar surface area (TPSA) is 76.6 Å². The molecule has 0 saturated heterocycles. The van der Waals surface area contributed by atoms with Crippen molar-refractivity contribution in [2.24, 2.45) is 0 Å². The highest BCUT2D eigenvalue weighted by Gasteiger charge is 2.12. The molecule has 8 heteroatoms. The second-order valence-corrected chi connectivity index (χ2v) is 7.94. The number of urea groups is 1. The maximum absolute atomic E-state index is 12.6. The lowest BCUT2D eigenvalue weighted by atomic mass is 10.1. The van der Waals surface area contributed by atoms with Gasteiger partial charge in [0.25, 0.3) is 0 Å². The van der Waals surface area contributed by atoms with Crippen LogP contribution in [-0.4, -0.2) is 48.7 Å². The van der Waals surface area contributed by atoms with E-state index in [0.717, 1.165) is 21.7 Å². The second-order valence-electron chi connectivity index (χ2n) is 6.90. The molecule has 0 unspecified atom stereocenters. The van der Waals surface area contributed by atoms with Gasteiger partial charge in [0.05, 0.1) is 14.2 Å². The van der Waals surface area contributed by atoms with Gasteiger partial charge < -0.3 is 19.7 Å². The molecule has 0 bridgehead atoms. The van der Waals surface area contributed by atoms with Crippen LogP contribution in [0.25, 0.3) is 0 Å². The maximum atomic E-state index is 12.6. The number of rotatable bonds is 8. The molecule has 31 heavy (non-hydrogen) atoms. The van der Waals surface area contributed by atoms with Crippen molar-refractivity contribution >= 4 is 23.5 Å². The van der Waals surface area contributed by atoms with Crippen LogP contribution in [0.15, 0.2) is 64.9 Å². The van der Waals surface area contributed by atoms with Crippen LogP contribution in [0, 0.1) is 6.92 Å². The van der Waals surface area contributed by atoms with Crippen LogP contribution in [0.1, 0.15) is 11.1 Å². The summed E-state index contributed by atoms with van der Waals surface area (Å²) in [5, 5.41) is 3.67. The molecule has 2 aromatic carbocycles. The summed E-state index contributed by atoms with van der Waals surface area (Å²) in [6, 6.07) is 13.3. The first-order valence-corrected chi connectivity index (χ1v) is 10.6. The zero-order valence-electron chi connectivity index (χ0n) is 18.1. The number of anilines is 1. The first-order chi connectivity index (χ1) is 15.0. The van der Waals surface area contributed by atoms with Crippen LogP contribution < -0.4 is 14.8 Å². The van der Waals surface area contributed by atoms with Crippen molar-refractivity contribution in [3.8, 4) is 11.5 Å². The van der Waals surface area contributed by atoms with Crippen LogP contribution in [0.4, 0.5) is 10.5 Å². The van der Waals surface area contributed by atoms with E-state index >= 15 is 0 Å². The van der Waals surface area contributed by atoms with Crippen molar-refractivity contribution in [2.45, 2.75) is 23.4 Å². The third-order valence-corrected chi connectivity index (χ3v) is 5.60. The van der Waals surface area contributed by atoms with E-state index in [0.29, 0.717) is 29.6 Å². The second kappa shape index (κ2) is 10.7. The lowest BCUT2D eigenvalue weighted by molar-refractivity contribution is 0.223. The Balaban J connectivity index is 1.57. The number of amides is 2. The highest BCUT2D eigenvalue weighted by atomic mass is 32.2. The molecule has 162 valence electrons. The minimum atomic E-state index is -0.157. The average Bonchev–Trinajstić information content (AvgIpc) is 2.79. The summed E-state index contributed by atoms with van der Waals surface area (Å²) in [5.41, 5.74) is 2.82. The third-order valence-electron chi connectivity index (χ3n) is 4.72. The van der Waals surface area contributed by atoms with E-state index in [2.05, 4.69) is 15.3 Å². The van der Waals surface area contributed by atoms with Gasteiger partial charge in [-0.25, -0.2) is 14.8 Å². The SMILES string of the molecule is COc1ccc(CCN(C)C(=O)Nc2ccc(Sc3ncccn3)cc2C)cc1OC. The van der Waals surface area contributed by atoms with E-state index in [9.17, 15) is 4.79 Å². The molecule has 2 amide bonds. The third kappa shape index (κ3) is 6.11. The molecule has 0 fully saturated rings. The lowest BCUT2D eigenvalue weighted by Gasteiger charge is -2.19. The van der Waals surface area contributed by atoms with Gasteiger partial charge in [-0.15, -0.1) is 0 Å². The Hall–Kier alpha value is -3.26. The normalized spacial score (nSPS) is 10.5. The lowest BCUT2D eigenvalue weighted by Crippen LogP contribution is -2.33. The summed E-state index contributed by atoms with van der Waals surface area (Å²) in [4.78, 5) is 23.8. The van der Waals surface area contributed by atoms with Gasteiger partial charge >= 0.3 is 6.03 Å². The van der Waals surface area contributed by atoms with E-state index < -0.39 is 0 Å². The van der Waals surface area contributed by atoms with Crippen LogP contribution in [-0.2, 0) is 6.42 Å². The van der Waals surface area contributed by atoms with Crippen LogP contribution >= 0.6 is 11.8 Å². The quantitative estimate of drug-likeness (QED) is 0.516. The summed E-state index contributed by atoms with van der Waals surface area (Å²) >= 11 is 1.48. The fourth-order valence-electron chi connectivity index (χ4n) is 2.93. The van der Waals surface area contributed by atoms with Crippen molar-refractivity contribution in [2.75, 3.05) is 33.1 Å². The zero-order chi connectivity index (χ0) is 22.2. The Morgan fingerprint density at radius 2 is 1.81 bits per heavy atom. The number of benzene rings is 2. The Bertz CT molecular complexity index is 1030. The average molecular weight is 439 g/mol. The fraction of sp³-hybridized carbons (Fsp3) is 0.261. The smallest absolute Gasteiger partial charge is 0.321 e. The summed E-state index contributed by atoms with van der Waals surface area (Å²) in [6.07, 6.45) is 4.14. The molecule has 3 aromatic rings. The van der Waals surface area contributed by atoms with E-state index in [1.807, 2.05) is 43.3 Å². The minimum absolute atomic E-state index is 0.157. The van der Waals surface area contributed by atoms with E-state index in [1.54, 1.807) is 44.6 Å². The first-order valence-electron chi connectivity index (χ1n) is 9.78. The Kier molecular flexibility index (Phi) is 7.72. The zero-order valence-corrected chi connectivity index (χ0v) is 18.9. The molecule has 0 saturated carbocycles. The molecular weight excluding hydrogens is 412 g/mol. The molecule has 1 heterocycles. The van der Waals surface area contributed by atoms with Crippen LogP contribution in [0.2, 0.25) is 0 Å². The Labute approximate surface area is 186 Å². The molecule has 0 atom stereocenters. The fourth-order valence-corrected chi connectivity index (χ4v) is 3.74. The largest absolute Gasteiger partial charge is 0.493 e. The molecule has 0 radical (unpaired) electrons. The first kappa shape index (κ1) is 22.4. The summed E-state index contributed by atoms with van der Waals surface area (Å²) < 4.78 is 10.6. The number of ether oxygens (including phenoxy) is 2. The number of nitrogens with one attached hydrogen (secondary N) is 1. The van der Waals surface area contributed by atoms with Gasteiger partial charge in [-0.1, -0.05) is 6.07 Å². The number of aromatic nitrogens is 2. The highest BCUT2D eigenvalue weighted by molar-refractivity contribution is 7.99. The predicted octanol–water partition coefficient (Wildman–Crippen LogP) is 4.66. The van der Waals surface area contributed by atoms with Crippen LogP contribution in [0.5, 0.6) is 11.5 Å². The Morgan fingerprint density at radius 1 is 1.06 bits per heavy atom. The standard InChI is InChI=1S/C23H26N4O3S/c1-16-14-18(31-22-24-11-5-12-25-22)7-8-19(16)26-23(28)27(2)13-10-17-6-9-20(29-3)21(15-17)30-4/h5-9,11-12,14-15H,10,13H2,1-4H3,(H,26,28). The van der Waals surface area contributed by atoms with Gasteiger partial charge in [0.1, 0.15) is 0 Å². The molecule has 0 aliphatic heterocycles. The van der Waals surface area contributed by atoms with Crippen LogP contribution in [0.3, 0.4) is 0 Å². The summed E-state index contributed by atoms with van der Waals surface area (Å²) in [7, 11) is 5.00. The van der Waals surface area contributed by atoms with Crippen molar-refractivity contribution in [3.05, 3.63) is 66.0 Å². The molecular formula is C23H26N4O3S. The number of methoxy groups -OCH3 is 2. The number of hydrogen-bond donors (Lipinski definition) is 1. The number of hydrogen-bond acceptors (Lipinski definition) is 6. The van der Waals surface area contributed by atoms with Gasteiger partial charge in [-0.3, -0.25) is 0 Å². The highest BCUT2D eigenvalue weighted by Crippen LogP contribution is 2.29. The minimum Gasteiger partial charge on any atom is -0.493 e. The molecule has 3 rings (SSSR count). The van der Waals surface area contributed by atoms with E-state index in [-0.39, 0.29) is 6.03 Å². The van der Waals surface area contributed by atoms with E-state index in [1.165, 1.54) is 11.8 Å². The van der Waals surface area contributed by atoms with Gasteiger partial charge in [0.15, 0.2) is 16.7 Å². The molecule has 0 aliphatic rings. The molecule has 0 aliphatic carbocycles. The van der Waals surface area contributed by atoms with Gasteiger partial charge in [-0.2, -0.15) is 0 Å². The van der Waals surface area contributed by atoms with Crippen molar-refractivity contribution in [3.63, 3.8) is 0 Å². The number of aryl methyl sites for hydroxylation is 1. The maximum Gasteiger partial charge on any atom is 0.321 e. The Morgan fingerprint density at radius 3 is 2.48 bits per heavy atom. The summed E-state index contributed by atoms with van der Waals surface area (Å²) in [5.74, 6) is 1.37. The predicted molar refractivity (Wildman–Crippen MR) is 122 cm³/mol. The van der Waals surface area contributed by atoms with Gasteiger partial charge in [-0.05, 0) is 72.6 Å². The van der Waals surface area contributed by atoms with E-state index in [4.69, 9.17) is 9.47 Å². The number of carbonyl (C=O) groups is 1. The molecule has 0 spiro atoms. The van der Waals surface area contributed by atoms with Gasteiger partial charge in [0, 0.05) is 36.6 Å². The van der Waals surface area contributed by atoms with Crippen molar-refractivity contribution in [1.82, 2.24) is 14.9 Å². The molecule has 7 nitrogen and oxygen atoms in total. The monoisotopic (exact) mass is 438 g/mol. The van der Waals surface area contributed by atoms with Crippen molar-refractivity contribution < 1.29 is 14.3 Å². The van der Waals surface area contributed by atoms with Gasteiger partial charge in [0.2, 0.25) is 0 Å².